The number of halogens is 3. The number of rotatable bonds is 5. The first-order valence-corrected chi connectivity index (χ1v) is 7.55. The highest BCUT2D eigenvalue weighted by atomic mass is 35.5. The standard InChI is InChI=1S/C17H17Cl2F/c1-12-2-4-13(5-3-12)8-14(11-18)9-15-6-7-16(20)10-17(15)19/h2-7,10,14H,8-9,11H2,1H3. The minimum Gasteiger partial charge on any atom is -0.207 e. The number of hydrogen-bond acceptors (Lipinski definition) is 0. The molecule has 3 heteroatoms. The van der Waals surface area contributed by atoms with Crippen LogP contribution in [0.15, 0.2) is 42.5 Å². The van der Waals surface area contributed by atoms with Gasteiger partial charge in [0.15, 0.2) is 0 Å². The monoisotopic (exact) mass is 310 g/mol. The minimum atomic E-state index is -0.306. The molecular weight excluding hydrogens is 294 g/mol. The highest BCUT2D eigenvalue weighted by Crippen LogP contribution is 2.23. The quantitative estimate of drug-likeness (QED) is 0.646. The topological polar surface area (TPSA) is 0 Å². The lowest BCUT2D eigenvalue weighted by atomic mass is 9.93. The third kappa shape index (κ3) is 4.22. The van der Waals surface area contributed by atoms with Gasteiger partial charge in [-0.2, -0.15) is 0 Å². The van der Waals surface area contributed by atoms with Crippen molar-refractivity contribution < 1.29 is 4.39 Å². The molecule has 0 aromatic heterocycles. The van der Waals surface area contributed by atoms with Crippen molar-refractivity contribution in [1.82, 2.24) is 0 Å². The van der Waals surface area contributed by atoms with E-state index in [1.165, 1.54) is 23.3 Å². The van der Waals surface area contributed by atoms with Crippen LogP contribution in [0.5, 0.6) is 0 Å². The summed E-state index contributed by atoms with van der Waals surface area (Å²) in [5.41, 5.74) is 3.46. The Morgan fingerprint density at radius 3 is 2.35 bits per heavy atom. The predicted molar refractivity (Wildman–Crippen MR) is 84.2 cm³/mol. The molecule has 0 radical (unpaired) electrons. The van der Waals surface area contributed by atoms with E-state index in [4.69, 9.17) is 23.2 Å². The van der Waals surface area contributed by atoms with Gasteiger partial charge in [0.25, 0.3) is 0 Å². The van der Waals surface area contributed by atoms with Crippen molar-refractivity contribution in [2.24, 2.45) is 5.92 Å². The van der Waals surface area contributed by atoms with Crippen LogP contribution < -0.4 is 0 Å². The molecule has 0 bridgehead atoms. The molecule has 2 aromatic rings. The summed E-state index contributed by atoms with van der Waals surface area (Å²) < 4.78 is 13.0. The van der Waals surface area contributed by atoms with Crippen molar-refractivity contribution in [2.45, 2.75) is 19.8 Å². The highest BCUT2D eigenvalue weighted by Gasteiger charge is 2.12. The van der Waals surface area contributed by atoms with E-state index in [-0.39, 0.29) is 5.82 Å². The molecule has 2 aromatic carbocycles. The van der Waals surface area contributed by atoms with E-state index in [9.17, 15) is 4.39 Å². The van der Waals surface area contributed by atoms with Crippen LogP contribution in [0.25, 0.3) is 0 Å². The lowest BCUT2D eigenvalue weighted by molar-refractivity contribution is 0.581. The predicted octanol–water partition coefficient (Wildman–Crippen LogP) is 5.43. The van der Waals surface area contributed by atoms with Crippen LogP contribution in [0.3, 0.4) is 0 Å². The SMILES string of the molecule is Cc1ccc(CC(CCl)Cc2ccc(F)cc2Cl)cc1. The van der Waals surface area contributed by atoms with Crippen molar-refractivity contribution in [3.63, 3.8) is 0 Å². The average molecular weight is 311 g/mol. The van der Waals surface area contributed by atoms with Gasteiger partial charge in [-0.15, -0.1) is 11.6 Å². The molecule has 0 fully saturated rings. The number of hydrogen-bond donors (Lipinski definition) is 0. The summed E-state index contributed by atoms with van der Waals surface area (Å²) in [5.74, 6) is 0.545. The Kier molecular flexibility index (Phi) is 5.45. The van der Waals surface area contributed by atoms with Crippen LogP contribution in [0.2, 0.25) is 5.02 Å². The average Bonchev–Trinajstić information content (AvgIpc) is 2.43. The fourth-order valence-electron chi connectivity index (χ4n) is 2.24. The van der Waals surface area contributed by atoms with Crippen LogP contribution in [-0.2, 0) is 12.8 Å². The molecular formula is C17H17Cl2F. The van der Waals surface area contributed by atoms with Crippen LogP contribution in [0.4, 0.5) is 4.39 Å². The van der Waals surface area contributed by atoms with E-state index in [0.29, 0.717) is 16.8 Å². The summed E-state index contributed by atoms with van der Waals surface area (Å²) in [5, 5.41) is 0.476. The molecule has 0 aliphatic rings. The van der Waals surface area contributed by atoms with Crippen molar-refractivity contribution in [3.05, 3.63) is 70.0 Å². The maximum absolute atomic E-state index is 13.0. The zero-order valence-electron chi connectivity index (χ0n) is 11.4. The largest absolute Gasteiger partial charge is 0.207 e. The Labute approximate surface area is 129 Å². The molecule has 0 saturated heterocycles. The molecule has 1 unspecified atom stereocenters. The molecule has 0 N–H and O–H groups in total. The molecule has 0 heterocycles. The summed E-state index contributed by atoms with van der Waals surface area (Å²) in [4.78, 5) is 0. The second kappa shape index (κ2) is 7.10. The van der Waals surface area contributed by atoms with Gasteiger partial charge in [-0.1, -0.05) is 47.5 Å². The number of aryl methyl sites for hydroxylation is 1. The summed E-state index contributed by atoms with van der Waals surface area (Å²) >= 11 is 12.1. The summed E-state index contributed by atoms with van der Waals surface area (Å²) in [6, 6.07) is 13.0. The van der Waals surface area contributed by atoms with Gasteiger partial charge in [0.05, 0.1) is 0 Å². The Morgan fingerprint density at radius 1 is 1.05 bits per heavy atom. The molecule has 2 rings (SSSR count). The van der Waals surface area contributed by atoms with Crippen molar-refractivity contribution in [3.8, 4) is 0 Å². The molecule has 0 aliphatic carbocycles. The fourth-order valence-corrected chi connectivity index (χ4v) is 2.70. The minimum absolute atomic E-state index is 0.294. The van der Waals surface area contributed by atoms with E-state index >= 15 is 0 Å². The summed E-state index contributed by atoms with van der Waals surface area (Å²) in [6.45, 7) is 2.07. The third-order valence-corrected chi connectivity index (χ3v) is 4.18. The van der Waals surface area contributed by atoms with Crippen molar-refractivity contribution in [2.75, 3.05) is 5.88 Å². The molecule has 106 valence electrons. The Bertz CT molecular complexity index is 564. The first-order chi connectivity index (χ1) is 9.58. The molecule has 0 amide bonds. The van der Waals surface area contributed by atoms with Gasteiger partial charge in [-0.05, 0) is 48.9 Å². The Morgan fingerprint density at radius 2 is 1.75 bits per heavy atom. The maximum atomic E-state index is 13.0. The van der Waals surface area contributed by atoms with E-state index in [1.807, 2.05) is 0 Å². The molecule has 0 spiro atoms. The molecule has 1 atom stereocenters. The molecule has 0 nitrogen and oxygen atoms in total. The number of alkyl halides is 1. The van der Waals surface area contributed by atoms with Gasteiger partial charge in [-0.25, -0.2) is 4.39 Å². The zero-order valence-corrected chi connectivity index (χ0v) is 12.9. The second-order valence-corrected chi connectivity index (χ2v) is 5.87. The molecule has 0 aliphatic heterocycles. The maximum Gasteiger partial charge on any atom is 0.124 e. The van der Waals surface area contributed by atoms with Crippen molar-refractivity contribution >= 4 is 23.2 Å². The lowest BCUT2D eigenvalue weighted by Crippen LogP contribution is -2.10. The fraction of sp³-hybridized carbons (Fsp3) is 0.294. The Balaban J connectivity index is 2.07. The van der Waals surface area contributed by atoms with E-state index in [1.54, 1.807) is 6.07 Å². The highest BCUT2D eigenvalue weighted by molar-refractivity contribution is 6.31. The van der Waals surface area contributed by atoms with E-state index in [0.717, 1.165) is 18.4 Å². The first-order valence-electron chi connectivity index (χ1n) is 6.64. The number of benzene rings is 2. The van der Waals surface area contributed by atoms with Crippen LogP contribution in [0, 0.1) is 18.7 Å². The third-order valence-electron chi connectivity index (χ3n) is 3.39. The van der Waals surface area contributed by atoms with Gasteiger partial charge in [-0.3, -0.25) is 0 Å². The smallest absolute Gasteiger partial charge is 0.124 e. The lowest BCUT2D eigenvalue weighted by Gasteiger charge is -2.15. The van der Waals surface area contributed by atoms with Crippen LogP contribution in [-0.4, -0.2) is 5.88 Å². The molecule has 20 heavy (non-hydrogen) atoms. The van der Waals surface area contributed by atoms with Crippen LogP contribution in [0.1, 0.15) is 16.7 Å². The van der Waals surface area contributed by atoms with Gasteiger partial charge >= 0.3 is 0 Å². The first kappa shape index (κ1) is 15.3. The summed E-state index contributed by atoms with van der Waals surface area (Å²) in [7, 11) is 0. The second-order valence-electron chi connectivity index (χ2n) is 5.15. The van der Waals surface area contributed by atoms with Crippen LogP contribution >= 0.6 is 23.2 Å². The summed E-state index contributed by atoms with van der Waals surface area (Å²) in [6.07, 6.45) is 1.66. The van der Waals surface area contributed by atoms with Gasteiger partial charge in [0, 0.05) is 10.9 Å². The molecule has 0 saturated carbocycles. The van der Waals surface area contributed by atoms with Crippen molar-refractivity contribution in [1.29, 1.82) is 0 Å². The van der Waals surface area contributed by atoms with Gasteiger partial charge in [0.2, 0.25) is 0 Å². The zero-order chi connectivity index (χ0) is 14.5. The van der Waals surface area contributed by atoms with E-state index < -0.39 is 0 Å². The van der Waals surface area contributed by atoms with Gasteiger partial charge in [0.1, 0.15) is 5.82 Å². The Hall–Kier alpha value is -1.05. The van der Waals surface area contributed by atoms with Gasteiger partial charge < -0.3 is 0 Å². The van der Waals surface area contributed by atoms with E-state index in [2.05, 4.69) is 31.2 Å². The normalized spacial score (nSPS) is 12.4.